The van der Waals surface area contributed by atoms with Crippen molar-refractivity contribution in [1.82, 2.24) is 9.78 Å². The van der Waals surface area contributed by atoms with E-state index < -0.39 is 0 Å². The molecule has 0 saturated carbocycles. The molecule has 1 aromatic carbocycles. The summed E-state index contributed by atoms with van der Waals surface area (Å²) in [6.45, 7) is 9.87. The number of hydrogen-bond donors (Lipinski definition) is 1. The Labute approximate surface area is 127 Å². The Balaban J connectivity index is 2.00. The predicted octanol–water partition coefficient (Wildman–Crippen LogP) is 4.10. The molecule has 0 amide bonds. The maximum absolute atomic E-state index is 4.87. The smallest absolute Gasteiger partial charge is 0.125 e. The Hall–Kier alpha value is -1.77. The molecule has 0 bridgehead atoms. The van der Waals surface area contributed by atoms with E-state index in [1.54, 1.807) is 0 Å². The summed E-state index contributed by atoms with van der Waals surface area (Å²) in [7, 11) is 0. The van der Waals surface area contributed by atoms with Gasteiger partial charge in [0.2, 0.25) is 0 Å². The van der Waals surface area contributed by atoms with Gasteiger partial charge in [0.05, 0.1) is 11.7 Å². The highest BCUT2D eigenvalue weighted by Gasteiger charge is 2.24. The van der Waals surface area contributed by atoms with Gasteiger partial charge in [-0.2, -0.15) is 5.10 Å². The van der Waals surface area contributed by atoms with Crippen LogP contribution in [0.2, 0.25) is 0 Å². The summed E-state index contributed by atoms with van der Waals surface area (Å²) in [4.78, 5) is 0. The molecule has 0 spiro atoms. The van der Waals surface area contributed by atoms with Gasteiger partial charge in [-0.05, 0) is 43.7 Å². The second kappa shape index (κ2) is 5.55. The summed E-state index contributed by atoms with van der Waals surface area (Å²) in [5.41, 5.74) is 5.30. The molecule has 0 aliphatic carbocycles. The highest BCUT2D eigenvalue weighted by Crippen LogP contribution is 2.32. The molecule has 3 rings (SSSR count). The van der Waals surface area contributed by atoms with Crippen LogP contribution in [-0.4, -0.2) is 16.3 Å². The fourth-order valence-corrected chi connectivity index (χ4v) is 3.20. The van der Waals surface area contributed by atoms with Crippen molar-refractivity contribution in [2.24, 2.45) is 5.92 Å². The standard InChI is InChI=1S/C18H25N3/c1-12(2)9-15-11-18-19-8-7-17(21(18)20-15)16-10-13(3)5-6-14(16)4/h5-6,10-12,17,19H,7-9H2,1-4H3. The molecule has 1 N–H and O–H groups in total. The van der Waals surface area contributed by atoms with Crippen LogP contribution in [0.3, 0.4) is 0 Å². The van der Waals surface area contributed by atoms with E-state index >= 15 is 0 Å². The maximum atomic E-state index is 4.87. The molecule has 1 aromatic heterocycles. The van der Waals surface area contributed by atoms with Gasteiger partial charge in [-0.15, -0.1) is 0 Å². The number of nitrogens with one attached hydrogen (secondary N) is 1. The molecule has 2 aromatic rings. The quantitative estimate of drug-likeness (QED) is 0.919. The summed E-state index contributed by atoms with van der Waals surface area (Å²) in [6, 6.07) is 9.32. The lowest BCUT2D eigenvalue weighted by atomic mass is 9.96. The SMILES string of the molecule is Cc1ccc(C)c(C2CCNc3cc(CC(C)C)nn32)c1. The van der Waals surface area contributed by atoms with Gasteiger partial charge in [-0.3, -0.25) is 0 Å². The third-order valence-corrected chi connectivity index (χ3v) is 4.22. The Kier molecular flexibility index (Phi) is 3.75. The number of fused-ring (bicyclic) bond motifs is 1. The number of hydrogen-bond acceptors (Lipinski definition) is 2. The maximum Gasteiger partial charge on any atom is 0.125 e. The average Bonchev–Trinajstić information content (AvgIpc) is 2.82. The normalized spacial score (nSPS) is 17.7. The van der Waals surface area contributed by atoms with Crippen molar-refractivity contribution in [3.05, 3.63) is 46.6 Å². The van der Waals surface area contributed by atoms with Gasteiger partial charge in [-0.1, -0.05) is 37.6 Å². The summed E-state index contributed by atoms with van der Waals surface area (Å²) in [6.07, 6.45) is 2.14. The molecular formula is C18H25N3. The molecule has 3 nitrogen and oxygen atoms in total. The van der Waals surface area contributed by atoms with Crippen LogP contribution in [0.4, 0.5) is 5.82 Å². The highest BCUT2D eigenvalue weighted by atomic mass is 15.4. The fraction of sp³-hybridized carbons (Fsp3) is 0.500. The van der Waals surface area contributed by atoms with E-state index in [2.05, 4.69) is 62.0 Å². The van der Waals surface area contributed by atoms with Gasteiger partial charge in [-0.25, -0.2) is 4.68 Å². The van der Waals surface area contributed by atoms with Crippen LogP contribution in [0.15, 0.2) is 24.3 Å². The van der Waals surface area contributed by atoms with Crippen LogP contribution in [0, 0.1) is 19.8 Å². The molecule has 0 saturated heterocycles. The summed E-state index contributed by atoms with van der Waals surface area (Å²) in [5.74, 6) is 1.81. The molecule has 112 valence electrons. The average molecular weight is 283 g/mol. The van der Waals surface area contributed by atoms with Crippen LogP contribution >= 0.6 is 0 Å². The van der Waals surface area contributed by atoms with Gasteiger partial charge in [0.25, 0.3) is 0 Å². The number of aromatic nitrogens is 2. The fourth-order valence-electron chi connectivity index (χ4n) is 3.20. The zero-order valence-corrected chi connectivity index (χ0v) is 13.5. The lowest BCUT2D eigenvalue weighted by Crippen LogP contribution is -2.25. The number of rotatable bonds is 3. The number of anilines is 1. The van der Waals surface area contributed by atoms with E-state index in [1.807, 2.05) is 0 Å². The Morgan fingerprint density at radius 3 is 2.86 bits per heavy atom. The zero-order valence-electron chi connectivity index (χ0n) is 13.5. The monoisotopic (exact) mass is 283 g/mol. The number of benzene rings is 1. The molecule has 1 aliphatic rings. The summed E-state index contributed by atoms with van der Waals surface area (Å²) in [5, 5.41) is 8.36. The predicted molar refractivity (Wildman–Crippen MR) is 87.9 cm³/mol. The van der Waals surface area contributed by atoms with E-state index in [0.29, 0.717) is 12.0 Å². The first-order chi connectivity index (χ1) is 10.0. The number of nitrogens with zero attached hydrogens (tertiary/aromatic N) is 2. The molecule has 2 heterocycles. The number of aryl methyl sites for hydroxylation is 2. The first kappa shape index (κ1) is 14.2. The summed E-state index contributed by atoms with van der Waals surface area (Å²) >= 11 is 0. The van der Waals surface area contributed by atoms with Gasteiger partial charge in [0.15, 0.2) is 0 Å². The van der Waals surface area contributed by atoms with Crippen molar-refractivity contribution in [2.45, 2.75) is 46.6 Å². The third kappa shape index (κ3) is 2.82. The van der Waals surface area contributed by atoms with E-state index in [-0.39, 0.29) is 0 Å². The Morgan fingerprint density at radius 2 is 2.10 bits per heavy atom. The molecule has 0 radical (unpaired) electrons. The Bertz CT molecular complexity index is 640. The summed E-state index contributed by atoms with van der Waals surface area (Å²) < 4.78 is 2.20. The molecule has 1 aliphatic heterocycles. The largest absolute Gasteiger partial charge is 0.370 e. The highest BCUT2D eigenvalue weighted by molar-refractivity contribution is 5.43. The minimum Gasteiger partial charge on any atom is -0.370 e. The van der Waals surface area contributed by atoms with Crippen LogP contribution in [0.5, 0.6) is 0 Å². The van der Waals surface area contributed by atoms with Crippen molar-refractivity contribution in [3.63, 3.8) is 0 Å². The van der Waals surface area contributed by atoms with Gasteiger partial charge >= 0.3 is 0 Å². The van der Waals surface area contributed by atoms with Crippen LogP contribution < -0.4 is 5.32 Å². The zero-order chi connectivity index (χ0) is 15.0. The van der Waals surface area contributed by atoms with E-state index in [0.717, 1.165) is 19.4 Å². The molecule has 1 unspecified atom stereocenters. The minimum absolute atomic E-state index is 0.363. The van der Waals surface area contributed by atoms with Crippen molar-refractivity contribution >= 4 is 5.82 Å². The first-order valence-electron chi connectivity index (χ1n) is 7.94. The van der Waals surface area contributed by atoms with Gasteiger partial charge < -0.3 is 5.32 Å². The minimum atomic E-state index is 0.363. The van der Waals surface area contributed by atoms with Crippen LogP contribution in [0.25, 0.3) is 0 Å². The van der Waals surface area contributed by atoms with Crippen LogP contribution in [0.1, 0.15) is 48.7 Å². The van der Waals surface area contributed by atoms with E-state index in [9.17, 15) is 0 Å². The lowest BCUT2D eigenvalue weighted by molar-refractivity contribution is 0.472. The molecule has 3 heteroatoms. The third-order valence-electron chi connectivity index (χ3n) is 4.22. The lowest BCUT2D eigenvalue weighted by Gasteiger charge is -2.27. The molecule has 1 atom stereocenters. The van der Waals surface area contributed by atoms with Gasteiger partial charge in [0.1, 0.15) is 5.82 Å². The second-order valence-corrected chi connectivity index (χ2v) is 6.65. The van der Waals surface area contributed by atoms with Crippen molar-refractivity contribution in [1.29, 1.82) is 0 Å². The first-order valence-corrected chi connectivity index (χ1v) is 7.94. The Morgan fingerprint density at radius 1 is 1.29 bits per heavy atom. The van der Waals surface area contributed by atoms with Gasteiger partial charge in [0, 0.05) is 12.6 Å². The molecule has 21 heavy (non-hydrogen) atoms. The van der Waals surface area contributed by atoms with E-state index in [1.165, 1.54) is 28.2 Å². The van der Waals surface area contributed by atoms with Crippen molar-refractivity contribution in [2.75, 3.05) is 11.9 Å². The van der Waals surface area contributed by atoms with E-state index in [4.69, 9.17) is 5.10 Å². The molecule has 0 fully saturated rings. The second-order valence-electron chi connectivity index (χ2n) is 6.65. The van der Waals surface area contributed by atoms with Crippen LogP contribution in [-0.2, 0) is 6.42 Å². The van der Waals surface area contributed by atoms with Crippen molar-refractivity contribution in [3.8, 4) is 0 Å². The van der Waals surface area contributed by atoms with Crippen molar-refractivity contribution < 1.29 is 0 Å². The molecular weight excluding hydrogens is 258 g/mol. The topological polar surface area (TPSA) is 29.9 Å².